The molecule has 2 N–H and O–H groups in total. The molecule has 1 saturated carbocycles. The molecular formula is C17H21NO3. The summed E-state index contributed by atoms with van der Waals surface area (Å²) >= 11 is 0. The van der Waals surface area contributed by atoms with E-state index in [1.54, 1.807) is 24.3 Å². The fraction of sp³-hybridized carbons (Fsp3) is 0.412. The second-order valence-electron chi connectivity index (χ2n) is 5.55. The van der Waals surface area contributed by atoms with Crippen LogP contribution in [0.1, 0.15) is 53.6 Å². The van der Waals surface area contributed by atoms with E-state index in [4.69, 9.17) is 5.11 Å². The number of carbonyl (C=O) groups is 2. The Morgan fingerprint density at radius 3 is 2.57 bits per heavy atom. The smallest absolute Gasteiger partial charge is 0.328 e. The van der Waals surface area contributed by atoms with Gasteiger partial charge in [0.05, 0.1) is 0 Å². The second-order valence-corrected chi connectivity index (χ2v) is 5.55. The summed E-state index contributed by atoms with van der Waals surface area (Å²) < 4.78 is 0. The molecule has 0 radical (unpaired) electrons. The summed E-state index contributed by atoms with van der Waals surface area (Å²) in [4.78, 5) is 22.7. The van der Waals surface area contributed by atoms with Gasteiger partial charge in [-0.2, -0.15) is 0 Å². The van der Waals surface area contributed by atoms with Gasteiger partial charge in [-0.1, -0.05) is 25.3 Å². The predicted octanol–water partition coefficient (Wildman–Crippen LogP) is 3.16. The topological polar surface area (TPSA) is 66.4 Å². The van der Waals surface area contributed by atoms with Crippen LogP contribution in [0.4, 0.5) is 0 Å². The molecule has 0 unspecified atom stereocenters. The van der Waals surface area contributed by atoms with Gasteiger partial charge in [0.15, 0.2) is 0 Å². The third-order valence-electron chi connectivity index (χ3n) is 3.88. The number of carboxylic acids is 1. The van der Waals surface area contributed by atoms with Crippen molar-refractivity contribution in [3.8, 4) is 0 Å². The van der Waals surface area contributed by atoms with Crippen LogP contribution in [0.3, 0.4) is 0 Å². The molecule has 2 rings (SSSR count). The first-order valence-corrected chi connectivity index (χ1v) is 7.39. The summed E-state index contributed by atoms with van der Waals surface area (Å²) in [5.41, 5.74) is 2.33. The molecule has 112 valence electrons. The molecule has 1 aromatic rings. The van der Waals surface area contributed by atoms with Gasteiger partial charge in [0, 0.05) is 17.7 Å². The minimum Gasteiger partial charge on any atom is -0.478 e. The van der Waals surface area contributed by atoms with Crippen LogP contribution in [0.2, 0.25) is 0 Å². The maximum Gasteiger partial charge on any atom is 0.328 e. The van der Waals surface area contributed by atoms with Gasteiger partial charge in [-0.25, -0.2) is 4.79 Å². The van der Waals surface area contributed by atoms with Crippen molar-refractivity contribution >= 4 is 18.0 Å². The fourth-order valence-electron chi connectivity index (χ4n) is 2.68. The Hall–Kier alpha value is -2.10. The minimum atomic E-state index is -0.978. The maximum atomic E-state index is 12.2. The van der Waals surface area contributed by atoms with Gasteiger partial charge in [0.25, 0.3) is 5.91 Å². The Kier molecular flexibility index (Phi) is 5.14. The Labute approximate surface area is 124 Å². The van der Waals surface area contributed by atoms with Gasteiger partial charge in [-0.3, -0.25) is 4.79 Å². The molecule has 0 saturated heterocycles. The van der Waals surface area contributed by atoms with Gasteiger partial charge >= 0.3 is 5.97 Å². The van der Waals surface area contributed by atoms with E-state index in [1.807, 2.05) is 6.92 Å². The molecule has 1 fully saturated rings. The molecular weight excluding hydrogens is 266 g/mol. The monoisotopic (exact) mass is 287 g/mol. The molecule has 0 aliphatic heterocycles. The van der Waals surface area contributed by atoms with E-state index in [-0.39, 0.29) is 11.9 Å². The van der Waals surface area contributed by atoms with E-state index in [1.165, 1.54) is 19.3 Å². The van der Waals surface area contributed by atoms with Gasteiger partial charge < -0.3 is 10.4 Å². The van der Waals surface area contributed by atoms with Crippen LogP contribution in [0.25, 0.3) is 6.08 Å². The molecule has 1 aliphatic carbocycles. The largest absolute Gasteiger partial charge is 0.478 e. The average Bonchev–Trinajstić information content (AvgIpc) is 2.46. The summed E-state index contributed by atoms with van der Waals surface area (Å²) in [6.07, 6.45) is 8.39. The van der Waals surface area contributed by atoms with E-state index in [0.29, 0.717) is 5.56 Å². The molecule has 1 aliphatic rings. The summed E-state index contributed by atoms with van der Waals surface area (Å²) in [5, 5.41) is 11.7. The first kappa shape index (κ1) is 15.3. The van der Waals surface area contributed by atoms with Gasteiger partial charge in [0.1, 0.15) is 0 Å². The lowest BCUT2D eigenvalue weighted by molar-refractivity contribution is -0.131. The van der Waals surface area contributed by atoms with Crippen molar-refractivity contribution in [2.24, 2.45) is 0 Å². The molecule has 4 nitrogen and oxygen atoms in total. The standard InChI is InChI=1S/C17H21NO3/c1-12-11-14(8-7-13(12)9-10-16(19)20)17(21)18-15-5-3-2-4-6-15/h7-11,15H,2-6H2,1H3,(H,18,21)(H,19,20)/b10-9+. The maximum absolute atomic E-state index is 12.2. The van der Waals surface area contributed by atoms with Crippen LogP contribution in [0, 0.1) is 6.92 Å². The summed E-state index contributed by atoms with van der Waals surface area (Å²) in [6.45, 7) is 1.87. The van der Waals surface area contributed by atoms with E-state index in [9.17, 15) is 9.59 Å². The Morgan fingerprint density at radius 2 is 1.95 bits per heavy atom. The number of nitrogens with one attached hydrogen (secondary N) is 1. The normalized spacial score (nSPS) is 16.0. The number of aliphatic carboxylic acids is 1. The highest BCUT2D eigenvalue weighted by atomic mass is 16.4. The number of benzene rings is 1. The van der Waals surface area contributed by atoms with Crippen LogP contribution < -0.4 is 5.32 Å². The summed E-state index contributed by atoms with van der Waals surface area (Å²) in [7, 11) is 0. The molecule has 0 bridgehead atoms. The van der Waals surface area contributed by atoms with Crippen molar-refractivity contribution in [2.75, 3.05) is 0 Å². The molecule has 0 atom stereocenters. The molecule has 1 amide bonds. The number of carboxylic acid groups (broad SMARTS) is 1. The molecule has 4 heteroatoms. The summed E-state index contributed by atoms with van der Waals surface area (Å²) in [6, 6.07) is 5.62. The van der Waals surface area contributed by atoms with Gasteiger partial charge in [-0.05, 0) is 49.1 Å². The number of rotatable bonds is 4. The highest BCUT2D eigenvalue weighted by molar-refractivity contribution is 5.95. The van der Waals surface area contributed by atoms with Crippen molar-refractivity contribution < 1.29 is 14.7 Å². The van der Waals surface area contributed by atoms with E-state index >= 15 is 0 Å². The zero-order valence-electron chi connectivity index (χ0n) is 12.3. The molecule has 1 aromatic carbocycles. The molecule has 0 spiro atoms. The second kappa shape index (κ2) is 7.07. The highest BCUT2D eigenvalue weighted by Crippen LogP contribution is 2.18. The molecule has 21 heavy (non-hydrogen) atoms. The molecule has 0 aromatic heterocycles. The van der Waals surface area contributed by atoms with Crippen molar-refractivity contribution in [2.45, 2.75) is 45.1 Å². The van der Waals surface area contributed by atoms with Crippen molar-refractivity contribution in [1.82, 2.24) is 5.32 Å². The van der Waals surface area contributed by atoms with Crippen molar-refractivity contribution in [3.05, 3.63) is 41.0 Å². The van der Waals surface area contributed by atoms with Crippen molar-refractivity contribution in [1.29, 1.82) is 0 Å². The third-order valence-corrected chi connectivity index (χ3v) is 3.88. The van der Waals surface area contributed by atoms with Gasteiger partial charge in [0.2, 0.25) is 0 Å². The van der Waals surface area contributed by atoms with E-state index < -0.39 is 5.97 Å². The van der Waals surface area contributed by atoms with Crippen LogP contribution in [0.15, 0.2) is 24.3 Å². The number of carbonyl (C=O) groups excluding carboxylic acids is 1. The first-order chi connectivity index (χ1) is 10.1. The van der Waals surface area contributed by atoms with Crippen LogP contribution in [-0.4, -0.2) is 23.0 Å². The number of amides is 1. The predicted molar refractivity (Wildman–Crippen MR) is 82.2 cm³/mol. The number of hydrogen-bond donors (Lipinski definition) is 2. The lowest BCUT2D eigenvalue weighted by Gasteiger charge is -2.22. The van der Waals surface area contributed by atoms with E-state index in [2.05, 4.69) is 5.32 Å². The average molecular weight is 287 g/mol. The Balaban J connectivity index is 2.04. The Morgan fingerprint density at radius 1 is 1.24 bits per heavy atom. The van der Waals surface area contributed by atoms with Crippen LogP contribution in [0.5, 0.6) is 0 Å². The quantitative estimate of drug-likeness (QED) is 0.836. The first-order valence-electron chi connectivity index (χ1n) is 7.39. The lowest BCUT2D eigenvalue weighted by Crippen LogP contribution is -2.36. The highest BCUT2D eigenvalue weighted by Gasteiger charge is 2.16. The van der Waals surface area contributed by atoms with Gasteiger partial charge in [-0.15, -0.1) is 0 Å². The summed E-state index contributed by atoms with van der Waals surface area (Å²) in [5.74, 6) is -1.02. The SMILES string of the molecule is Cc1cc(C(=O)NC2CCCCC2)ccc1/C=C/C(=O)O. The Bertz CT molecular complexity index is 557. The molecule has 0 heterocycles. The third kappa shape index (κ3) is 4.45. The fourth-order valence-corrected chi connectivity index (χ4v) is 2.68. The lowest BCUT2D eigenvalue weighted by atomic mass is 9.95. The number of aryl methyl sites for hydroxylation is 1. The zero-order valence-corrected chi connectivity index (χ0v) is 12.3. The van der Waals surface area contributed by atoms with Crippen molar-refractivity contribution in [3.63, 3.8) is 0 Å². The van der Waals surface area contributed by atoms with E-state index in [0.717, 1.165) is 30.0 Å². The number of hydrogen-bond acceptors (Lipinski definition) is 2. The zero-order chi connectivity index (χ0) is 15.2. The minimum absolute atomic E-state index is 0.0428. The van der Waals surface area contributed by atoms with Crippen LogP contribution in [-0.2, 0) is 4.79 Å². The van der Waals surface area contributed by atoms with Crippen LogP contribution >= 0.6 is 0 Å².